The minimum Gasteiger partial charge on any atom is -0.450 e. The second-order valence-electron chi connectivity index (χ2n) is 7.54. The number of benzene rings is 1. The first-order valence-corrected chi connectivity index (χ1v) is 10.2. The Bertz CT molecular complexity index is 688. The van der Waals surface area contributed by atoms with Gasteiger partial charge in [0.05, 0.1) is 6.04 Å². The van der Waals surface area contributed by atoms with E-state index in [1.807, 2.05) is 6.08 Å². The van der Waals surface area contributed by atoms with E-state index in [4.69, 9.17) is 4.74 Å². The molecule has 0 aromatic heterocycles. The average Bonchev–Trinajstić information content (AvgIpc) is 3.09. The third kappa shape index (κ3) is 2.19. The van der Waals surface area contributed by atoms with Crippen LogP contribution in [0.5, 0.6) is 0 Å². The first-order valence-electron chi connectivity index (χ1n) is 9.11. The van der Waals surface area contributed by atoms with E-state index in [2.05, 4.69) is 47.0 Å². The molecule has 3 fully saturated rings. The van der Waals surface area contributed by atoms with Gasteiger partial charge >= 0.3 is 5.97 Å². The van der Waals surface area contributed by atoms with Crippen LogP contribution in [0.4, 0.5) is 0 Å². The summed E-state index contributed by atoms with van der Waals surface area (Å²) in [6, 6.07) is 11.7. The summed E-state index contributed by atoms with van der Waals surface area (Å²) >= 11 is 2.06. The van der Waals surface area contributed by atoms with Gasteiger partial charge in [0.1, 0.15) is 0 Å². The van der Waals surface area contributed by atoms with Crippen molar-refractivity contribution in [2.75, 3.05) is 6.54 Å². The van der Waals surface area contributed by atoms with E-state index >= 15 is 0 Å². The van der Waals surface area contributed by atoms with Crippen LogP contribution >= 0.6 is 11.8 Å². The van der Waals surface area contributed by atoms with Crippen molar-refractivity contribution in [3.05, 3.63) is 47.5 Å². The Balaban J connectivity index is 1.42. The fourth-order valence-corrected chi connectivity index (χ4v) is 6.66. The lowest BCUT2D eigenvalue weighted by molar-refractivity contribution is -0.148. The van der Waals surface area contributed by atoms with E-state index in [0.29, 0.717) is 17.3 Å². The van der Waals surface area contributed by atoms with E-state index in [-0.39, 0.29) is 11.6 Å². The summed E-state index contributed by atoms with van der Waals surface area (Å²) in [5.74, 6) is 0.945. The topological polar surface area (TPSA) is 29.5 Å². The van der Waals surface area contributed by atoms with Crippen molar-refractivity contribution in [1.82, 2.24) is 4.90 Å². The van der Waals surface area contributed by atoms with Gasteiger partial charge in [-0.05, 0) is 36.9 Å². The molecule has 126 valence electrons. The molecule has 24 heavy (non-hydrogen) atoms. The standard InChI is InChI=1S/C20H23NO2S/c22-19-11-15-10-17(24-13-14-6-2-1-3-7-14)16-12-20(15,23-19)18-8-4-5-9-21(16)18/h1-3,6-7,11,16-18H,4-5,8-10,12-13H2. The Hall–Kier alpha value is -1.26. The van der Waals surface area contributed by atoms with Crippen molar-refractivity contribution >= 4 is 17.7 Å². The van der Waals surface area contributed by atoms with Crippen molar-refractivity contribution in [3.63, 3.8) is 0 Å². The molecule has 1 aliphatic carbocycles. The molecule has 1 saturated carbocycles. The van der Waals surface area contributed by atoms with Crippen LogP contribution in [0.1, 0.15) is 37.7 Å². The normalized spacial score (nSPS) is 37.6. The molecule has 1 aromatic rings. The molecule has 3 nitrogen and oxygen atoms in total. The number of carbonyl (C=O) groups excluding carboxylic acids is 1. The fourth-order valence-electron chi connectivity index (χ4n) is 5.29. The molecule has 3 aliphatic heterocycles. The summed E-state index contributed by atoms with van der Waals surface area (Å²) in [7, 11) is 0. The molecule has 0 N–H and O–H groups in total. The van der Waals surface area contributed by atoms with Gasteiger partial charge < -0.3 is 4.74 Å². The average molecular weight is 341 g/mol. The molecular weight excluding hydrogens is 318 g/mol. The minimum atomic E-state index is -0.272. The number of esters is 1. The van der Waals surface area contributed by atoms with Crippen molar-refractivity contribution < 1.29 is 9.53 Å². The Morgan fingerprint density at radius 3 is 3.00 bits per heavy atom. The molecule has 5 rings (SSSR count). The summed E-state index contributed by atoms with van der Waals surface area (Å²) in [6.07, 6.45) is 7.57. The number of hydrogen-bond donors (Lipinski definition) is 0. The molecule has 0 amide bonds. The van der Waals surface area contributed by atoms with Crippen LogP contribution in [0.15, 0.2) is 42.0 Å². The molecular formula is C20H23NO2S. The van der Waals surface area contributed by atoms with E-state index in [9.17, 15) is 4.79 Å². The molecule has 1 spiro atoms. The molecule has 3 heterocycles. The zero-order valence-electron chi connectivity index (χ0n) is 13.8. The van der Waals surface area contributed by atoms with Crippen LogP contribution in [0.25, 0.3) is 0 Å². The Morgan fingerprint density at radius 1 is 1.25 bits per heavy atom. The molecule has 4 unspecified atom stereocenters. The van der Waals surface area contributed by atoms with Gasteiger partial charge in [-0.2, -0.15) is 11.8 Å². The van der Waals surface area contributed by atoms with E-state index in [1.165, 1.54) is 36.9 Å². The number of piperidine rings is 1. The lowest BCUT2D eigenvalue weighted by Gasteiger charge is -2.38. The molecule has 1 aromatic carbocycles. The third-order valence-corrected chi connectivity index (χ3v) is 7.71. The van der Waals surface area contributed by atoms with Gasteiger partial charge in [-0.15, -0.1) is 0 Å². The van der Waals surface area contributed by atoms with Crippen molar-refractivity contribution in [2.24, 2.45) is 0 Å². The van der Waals surface area contributed by atoms with Gasteiger partial charge in [0.25, 0.3) is 0 Å². The quantitative estimate of drug-likeness (QED) is 0.787. The van der Waals surface area contributed by atoms with Gasteiger partial charge in [-0.3, -0.25) is 4.90 Å². The summed E-state index contributed by atoms with van der Waals surface area (Å²) in [5, 5.41) is 0.571. The van der Waals surface area contributed by atoms with Crippen LogP contribution in [-0.4, -0.2) is 40.3 Å². The van der Waals surface area contributed by atoms with E-state index in [0.717, 1.165) is 18.6 Å². The summed E-state index contributed by atoms with van der Waals surface area (Å²) in [6.45, 7) is 1.17. The monoisotopic (exact) mass is 341 g/mol. The molecule has 2 bridgehead atoms. The van der Waals surface area contributed by atoms with Gasteiger partial charge in [0.2, 0.25) is 0 Å². The maximum Gasteiger partial charge on any atom is 0.331 e. The van der Waals surface area contributed by atoms with E-state index < -0.39 is 0 Å². The van der Waals surface area contributed by atoms with Gasteiger partial charge in [0, 0.05) is 29.5 Å². The smallest absolute Gasteiger partial charge is 0.331 e. The maximum atomic E-state index is 12.0. The Labute approximate surface area is 147 Å². The number of rotatable bonds is 3. The second-order valence-corrected chi connectivity index (χ2v) is 8.77. The zero-order valence-corrected chi connectivity index (χ0v) is 14.6. The number of carbonyl (C=O) groups is 1. The van der Waals surface area contributed by atoms with Crippen molar-refractivity contribution in [1.29, 1.82) is 0 Å². The second kappa shape index (κ2) is 5.63. The lowest BCUT2D eigenvalue weighted by atomic mass is 9.77. The zero-order chi connectivity index (χ0) is 16.1. The predicted molar refractivity (Wildman–Crippen MR) is 95.8 cm³/mol. The highest BCUT2D eigenvalue weighted by Gasteiger charge is 2.63. The molecule has 4 atom stereocenters. The number of thioether (sulfide) groups is 1. The van der Waals surface area contributed by atoms with Crippen LogP contribution in [0.3, 0.4) is 0 Å². The predicted octanol–water partition coefficient (Wildman–Crippen LogP) is 3.54. The minimum absolute atomic E-state index is 0.107. The molecule has 4 aliphatic rings. The fraction of sp³-hybridized carbons (Fsp3) is 0.550. The third-order valence-electron chi connectivity index (χ3n) is 6.30. The van der Waals surface area contributed by atoms with Crippen molar-refractivity contribution in [2.45, 2.75) is 60.8 Å². The Morgan fingerprint density at radius 2 is 2.12 bits per heavy atom. The highest BCUT2D eigenvalue weighted by Crippen LogP contribution is 2.56. The lowest BCUT2D eigenvalue weighted by Crippen LogP contribution is -2.48. The summed E-state index contributed by atoms with van der Waals surface area (Å²) in [5.41, 5.74) is 2.40. The number of nitrogens with zero attached hydrogens (tertiary/aromatic N) is 1. The maximum absolute atomic E-state index is 12.0. The number of fused-ring (bicyclic) bond motifs is 3. The molecule has 2 saturated heterocycles. The highest BCUT2D eigenvalue weighted by atomic mass is 32.2. The number of hydrogen-bond acceptors (Lipinski definition) is 4. The summed E-state index contributed by atoms with van der Waals surface area (Å²) in [4.78, 5) is 14.7. The van der Waals surface area contributed by atoms with Gasteiger partial charge in [0.15, 0.2) is 5.60 Å². The van der Waals surface area contributed by atoms with Crippen LogP contribution in [0, 0.1) is 0 Å². The highest BCUT2D eigenvalue weighted by molar-refractivity contribution is 7.99. The van der Waals surface area contributed by atoms with Crippen LogP contribution in [-0.2, 0) is 15.3 Å². The first-order chi connectivity index (χ1) is 11.8. The largest absolute Gasteiger partial charge is 0.450 e. The van der Waals surface area contributed by atoms with Crippen molar-refractivity contribution in [3.8, 4) is 0 Å². The molecule has 0 radical (unpaired) electrons. The number of ether oxygens (including phenoxy) is 1. The van der Waals surface area contributed by atoms with E-state index in [1.54, 1.807) is 0 Å². The van der Waals surface area contributed by atoms with Crippen LogP contribution < -0.4 is 0 Å². The van der Waals surface area contributed by atoms with Gasteiger partial charge in [-0.1, -0.05) is 36.8 Å². The SMILES string of the molecule is O=C1C=C2CC(SCc3ccccc3)C3CC2(O1)C1CCCCN31. The van der Waals surface area contributed by atoms with Crippen LogP contribution in [0.2, 0.25) is 0 Å². The Kier molecular flexibility index (Phi) is 3.53. The van der Waals surface area contributed by atoms with Gasteiger partial charge in [-0.25, -0.2) is 4.79 Å². The summed E-state index contributed by atoms with van der Waals surface area (Å²) < 4.78 is 5.94. The first kappa shape index (κ1) is 15.0. The molecule has 4 heteroatoms.